The van der Waals surface area contributed by atoms with Crippen molar-refractivity contribution in [1.82, 2.24) is 4.90 Å². The van der Waals surface area contributed by atoms with E-state index in [9.17, 15) is 9.59 Å². The van der Waals surface area contributed by atoms with Crippen molar-refractivity contribution < 1.29 is 19.1 Å². The maximum Gasteiger partial charge on any atom is 0.320 e. The lowest BCUT2D eigenvalue weighted by Gasteiger charge is -2.22. The van der Waals surface area contributed by atoms with Gasteiger partial charge in [-0.05, 0) is 33.7 Å². The van der Waals surface area contributed by atoms with Gasteiger partial charge < -0.3 is 9.47 Å². The zero-order chi connectivity index (χ0) is 13.1. The Morgan fingerprint density at radius 3 is 2.53 bits per heavy atom. The minimum Gasteiger partial charge on any atom is -0.469 e. The zero-order valence-electron chi connectivity index (χ0n) is 11.0. The molecule has 0 aromatic rings. The van der Waals surface area contributed by atoms with Crippen LogP contribution in [0, 0.1) is 5.92 Å². The first-order valence-corrected chi connectivity index (χ1v) is 5.84. The summed E-state index contributed by atoms with van der Waals surface area (Å²) in [7, 11) is 1.39. The number of ether oxygens (including phenoxy) is 2. The van der Waals surface area contributed by atoms with Gasteiger partial charge in [-0.2, -0.15) is 0 Å². The summed E-state index contributed by atoms with van der Waals surface area (Å²) in [6, 6.07) is 0. The Labute approximate surface area is 102 Å². The molecule has 1 atom stereocenters. The minimum atomic E-state index is -0.460. The third-order valence-electron chi connectivity index (χ3n) is 2.58. The van der Waals surface area contributed by atoms with Crippen LogP contribution < -0.4 is 0 Å². The molecule has 0 aromatic carbocycles. The Morgan fingerprint density at radius 2 is 2.00 bits per heavy atom. The number of rotatable bonds is 3. The molecule has 1 fully saturated rings. The van der Waals surface area contributed by atoms with Crippen LogP contribution in [0.25, 0.3) is 0 Å². The standard InChI is InChI=1S/C12H21NO4/c1-12(2,3)17-10(14)8-13-6-5-9(7-13)11(15)16-4/h9H,5-8H2,1-4H3. The van der Waals surface area contributed by atoms with E-state index in [1.165, 1.54) is 7.11 Å². The van der Waals surface area contributed by atoms with Gasteiger partial charge in [0.1, 0.15) is 5.60 Å². The summed E-state index contributed by atoms with van der Waals surface area (Å²) in [5.74, 6) is -0.554. The normalized spacial score (nSPS) is 21.3. The zero-order valence-corrected chi connectivity index (χ0v) is 11.0. The van der Waals surface area contributed by atoms with Gasteiger partial charge in [-0.1, -0.05) is 0 Å². The van der Waals surface area contributed by atoms with Crippen molar-refractivity contribution in [2.75, 3.05) is 26.7 Å². The van der Waals surface area contributed by atoms with Crippen molar-refractivity contribution >= 4 is 11.9 Å². The van der Waals surface area contributed by atoms with Gasteiger partial charge in [-0.25, -0.2) is 0 Å². The first-order valence-electron chi connectivity index (χ1n) is 5.84. The number of nitrogens with zero attached hydrogens (tertiary/aromatic N) is 1. The van der Waals surface area contributed by atoms with Crippen molar-refractivity contribution in [3.63, 3.8) is 0 Å². The van der Waals surface area contributed by atoms with Crippen LogP contribution >= 0.6 is 0 Å². The molecule has 17 heavy (non-hydrogen) atoms. The van der Waals surface area contributed by atoms with Crippen molar-refractivity contribution in [2.45, 2.75) is 32.8 Å². The van der Waals surface area contributed by atoms with Crippen molar-refractivity contribution in [2.24, 2.45) is 5.92 Å². The van der Waals surface area contributed by atoms with Crippen LogP contribution in [0.3, 0.4) is 0 Å². The van der Waals surface area contributed by atoms with Crippen LogP contribution in [-0.2, 0) is 19.1 Å². The van der Waals surface area contributed by atoms with Gasteiger partial charge in [0.25, 0.3) is 0 Å². The molecule has 98 valence electrons. The summed E-state index contributed by atoms with van der Waals surface area (Å²) in [5.41, 5.74) is -0.460. The molecular weight excluding hydrogens is 222 g/mol. The van der Waals surface area contributed by atoms with Crippen LogP contribution in [0.2, 0.25) is 0 Å². The maximum atomic E-state index is 11.6. The first kappa shape index (κ1) is 14.0. The van der Waals surface area contributed by atoms with E-state index in [1.54, 1.807) is 0 Å². The molecule has 0 aliphatic carbocycles. The Kier molecular flexibility index (Phi) is 4.51. The number of esters is 2. The Balaban J connectivity index is 2.35. The molecule has 1 saturated heterocycles. The number of hydrogen-bond donors (Lipinski definition) is 0. The predicted octanol–water partition coefficient (Wildman–Crippen LogP) is 0.823. The van der Waals surface area contributed by atoms with E-state index in [-0.39, 0.29) is 24.4 Å². The van der Waals surface area contributed by atoms with Crippen molar-refractivity contribution in [3.8, 4) is 0 Å². The summed E-state index contributed by atoms with van der Waals surface area (Å²) in [5, 5.41) is 0. The second-order valence-electron chi connectivity index (χ2n) is 5.33. The summed E-state index contributed by atoms with van der Waals surface area (Å²) in [6.45, 7) is 7.07. The molecule has 0 spiro atoms. The Bertz CT molecular complexity index is 295. The SMILES string of the molecule is COC(=O)C1CCN(CC(=O)OC(C)(C)C)C1. The Hall–Kier alpha value is -1.10. The Morgan fingerprint density at radius 1 is 1.35 bits per heavy atom. The van der Waals surface area contributed by atoms with Gasteiger partial charge in [-0.3, -0.25) is 14.5 Å². The highest BCUT2D eigenvalue weighted by molar-refractivity contribution is 5.74. The quantitative estimate of drug-likeness (QED) is 0.687. The van der Waals surface area contributed by atoms with Crippen LogP contribution in [0.4, 0.5) is 0 Å². The largest absolute Gasteiger partial charge is 0.469 e. The molecule has 5 heteroatoms. The molecular formula is C12H21NO4. The highest BCUT2D eigenvalue weighted by Crippen LogP contribution is 2.17. The van der Waals surface area contributed by atoms with E-state index in [1.807, 2.05) is 25.7 Å². The van der Waals surface area contributed by atoms with Gasteiger partial charge in [0.05, 0.1) is 19.6 Å². The fraction of sp³-hybridized carbons (Fsp3) is 0.833. The smallest absolute Gasteiger partial charge is 0.320 e. The lowest BCUT2D eigenvalue weighted by molar-refractivity contribution is -0.156. The molecule has 0 N–H and O–H groups in total. The molecule has 1 unspecified atom stereocenters. The molecule has 5 nitrogen and oxygen atoms in total. The molecule has 0 bridgehead atoms. The fourth-order valence-corrected chi connectivity index (χ4v) is 1.89. The van der Waals surface area contributed by atoms with Crippen LogP contribution in [0.1, 0.15) is 27.2 Å². The first-order chi connectivity index (χ1) is 7.81. The van der Waals surface area contributed by atoms with Gasteiger partial charge in [0.15, 0.2) is 0 Å². The summed E-state index contributed by atoms with van der Waals surface area (Å²) < 4.78 is 9.91. The molecule has 0 amide bonds. The van der Waals surface area contributed by atoms with Crippen LogP contribution in [0.15, 0.2) is 0 Å². The highest BCUT2D eigenvalue weighted by atomic mass is 16.6. The van der Waals surface area contributed by atoms with E-state index in [0.717, 1.165) is 13.0 Å². The second kappa shape index (κ2) is 5.49. The summed E-state index contributed by atoms with van der Waals surface area (Å²) >= 11 is 0. The van der Waals surface area contributed by atoms with Gasteiger partial charge >= 0.3 is 11.9 Å². The van der Waals surface area contributed by atoms with Crippen LogP contribution in [0.5, 0.6) is 0 Å². The van der Waals surface area contributed by atoms with Gasteiger partial charge in [0.2, 0.25) is 0 Å². The highest BCUT2D eigenvalue weighted by Gasteiger charge is 2.30. The van der Waals surface area contributed by atoms with E-state index in [2.05, 4.69) is 4.74 Å². The topological polar surface area (TPSA) is 55.8 Å². The fourth-order valence-electron chi connectivity index (χ4n) is 1.89. The van der Waals surface area contributed by atoms with Crippen molar-refractivity contribution in [3.05, 3.63) is 0 Å². The number of hydrogen-bond acceptors (Lipinski definition) is 5. The number of carbonyl (C=O) groups is 2. The molecule has 1 heterocycles. The molecule has 0 aromatic heterocycles. The number of methoxy groups -OCH3 is 1. The molecule has 1 aliphatic rings. The summed E-state index contributed by atoms with van der Waals surface area (Å²) in [4.78, 5) is 24.8. The third-order valence-corrected chi connectivity index (χ3v) is 2.58. The monoisotopic (exact) mass is 243 g/mol. The van der Waals surface area contributed by atoms with E-state index in [4.69, 9.17) is 4.74 Å². The lowest BCUT2D eigenvalue weighted by atomic mass is 10.1. The molecule has 1 aliphatic heterocycles. The van der Waals surface area contributed by atoms with E-state index in [0.29, 0.717) is 6.54 Å². The lowest BCUT2D eigenvalue weighted by Crippen LogP contribution is -2.34. The summed E-state index contributed by atoms with van der Waals surface area (Å²) in [6.07, 6.45) is 0.746. The second-order valence-corrected chi connectivity index (χ2v) is 5.33. The molecule has 1 rings (SSSR count). The number of likely N-dealkylation sites (tertiary alicyclic amines) is 1. The van der Waals surface area contributed by atoms with Crippen molar-refractivity contribution in [1.29, 1.82) is 0 Å². The van der Waals surface area contributed by atoms with Gasteiger partial charge in [-0.15, -0.1) is 0 Å². The third kappa shape index (κ3) is 4.73. The number of carbonyl (C=O) groups excluding carboxylic acids is 2. The molecule has 0 saturated carbocycles. The predicted molar refractivity (Wildman–Crippen MR) is 62.4 cm³/mol. The van der Waals surface area contributed by atoms with Gasteiger partial charge in [0, 0.05) is 6.54 Å². The maximum absolute atomic E-state index is 11.6. The average Bonchev–Trinajstić information content (AvgIpc) is 2.62. The van der Waals surface area contributed by atoms with Crippen LogP contribution in [-0.4, -0.2) is 49.2 Å². The van der Waals surface area contributed by atoms with E-state index < -0.39 is 5.60 Å². The average molecular weight is 243 g/mol. The van der Waals surface area contributed by atoms with E-state index >= 15 is 0 Å². The molecule has 0 radical (unpaired) electrons. The minimum absolute atomic E-state index is 0.109.